The van der Waals surface area contributed by atoms with E-state index in [1.165, 1.54) is 14.0 Å². The Morgan fingerprint density at radius 2 is 1.72 bits per heavy atom. The SMILES string of the molecule is CC=C[C@@H]1[C@@H](C(=O)OCc2c(C)c(F)c(COC)c(F)c2F)C1(C)C. The van der Waals surface area contributed by atoms with Crippen LogP contribution in [-0.4, -0.2) is 13.1 Å². The Balaban J connectivity index is 2.18. The Labute approximate surface area is 145 Å². The molecule has 1 aromatic carbocycles. The first-order valence-corrected chi connectivity index (χ1v) is 8.11. The third kappa shape index (κ3) is 3.45. The van der Waals surface area contributed by atoms with Gasteiger partial charge < -0.3 is 9.47 Å². The molecule has 138 valence electrons. The molecule has 0 amide bonds. The van der Waals surface area contributed by atoms with Gasteiger partial charge in [-0.25, -0.2) is 13.2 Å². The first kappa shape index (κ1) is 19.5. The van der Waals surface area contributed by atoms with Gasteiger partial charge in [0.25, 0.3) is 0 Å². The maximum absolute atomic E-state index is 14.2. The fourth-order valence-corrected chi connectivity index (χ4v) is 3.25. The number of hydrogen-bond acceptors (Lipinski definition) is 3. The van der Waals surface area contributed by atoms with Crippen LogP contribution < -0.4 is 0 Å². The van der Waals surface area contributed by atoms with Crippen LogP contribution in [0, 0.1) is 41.6 Å². The number of ether oxygens (including phenoxy) is 2. The number of carbonyl (C=O) groups excluding carboxylic acids is 1. The van der Waals surface area contributed by atoms with Gasteiger partial charge in [-0.15, -0.1) is 0 Å². The van der Waals surface area contributed by atoms with Crippen LogP contribution in [0.2, 0.25) is 0 Å². The second kappa shape index (κ2) is 7.20. The van der Waals surface area contributed by atoms with E-state index >= 15 is 0 Å². The molecular weight excluding hydrogens is 333 g/mol. The smallest absolute Gasteiger partial charge is 0.310 e. The van der Waals surface area contributed by atoms with E-state index in [1.807, 2.05) is 32.9 Å². The quantitative estimate of drug-likeness (QED) is 0.429. The summed E-state index contributed by atoms with van der Waals surface area (Å²) in [6.45, 7) is 6.18. The predicted molar refractivity (Wildman–Crippen MR) is 87.1 cm³/mol. The van der Waals surface area contributed by atoms with Gasteiger partial charge in [0.05, 0.1) is 18.1 Å². The highest BCUT2D eigenvalue weighted by atomic mass is 19.2. The minimum absolute atomic E-state index is 0.0495. The van der Waals surface area contributed by atoms with Crippen molar-refractivity contribution in [3.05, 3.63) is 46.3 Å². The third-order valence-corrected chi connectivity index (χ3v) is 4.98. The second-order valence-electron chi connectivity index (χ2n) is 6.92. The fraction of sp³-hybridized carbons (Fsp3) is 0.526. The van der Waals surface area contributed by atoms with Crippen LogP contribution in [0.15, 0.2) is 12.2 Å². The second-order valence-corrected chi connectivity index (χ2v) is 6.92. The van der Waals surface area contributed by atoms with Crippen molar-refractivity contribution < 1.29 is 27.4 Å². The van der Waals surface area contributed by atoms with Gasteiger partial charge >= 0.3 is 5.97 Å². The highest BCUT2D eigenvalue weighted by Gasteiger charge is 2.61. The summed E-state index contributed by atoms with van der Waals surface area (Å²) >= 11 is 0. The molecule has 0 unspecified atom stereocenters. The summed E-state index contributed by atoms with van der Waals surface area (Å²) in [4.78, 5) is 12.3. The summed E-state index contributed by atoms with van der Waals surface area (Å²) in [6, 6.07) is 0. The Kier molecular flexibility index (Phi) is 5.62. The number of rotatable bonds is 6. The van der Waals surface area contributed by atoms with Gasteiger partial charge in [0.1, 0.15) is 12.4 Å². The van der Waals surface area contributed by atoms with Crippen LogP contribution in [0.1, 0.15) is 37.5 Å². The minimum Gasteiger partial charge on any atom is -0.460 e. The van der Waals surface area contributed by atoms with Crippen LogP contribution in [0.3, 0.4) is 0 Å². The zero-order valence-electron chi connectivity index (χ0n) is 15.1. The van der Waals surface area contributed by atoms with Crippen LogP contribution >= 0.6 is 0 Å². The molecule has 2 rings (SSSR count). The van der Waals surface area contributed by atoms with E-state index in [-0.39, 0.29) is 35.0 Å². The van der Waals surface area contributed by atoms with Crippen LogP contribution in [0.25, 0.3) is 0 Å². The van der Waals surface area contributed by atoms with Gasteiger partial charge in [0.15, 0.2) is 11.6 Å². The van der Waals surface area contributed by atoms with Crippen molar-refractivity contribution in [3.63, 3.8) is 0 Å². The highest BCUT2D eigenvalue weighted by molar-refractivity contribution is 5.78. The van der Waals surface area contributed by atoms with Gasteiger partial charge in [-0.3, -0.25) is 4.79 Å². The van der Waals surface area contributed by atoms with E-state index in [1.54, 1.807) is 0 Å². The zero-order chi connectivity index (χ0) is 18.9. The summed E-state index contributed by atoms with van der Waals surface area (Å²) < 4.78 is 52.4. The molecule has 25 heavy (non-hydrogen) atoms. The molecule has 1 fully saturated rings. The molecule has 1 aromatic rings. The lowest BCUT2D eigenvalue weighted by Crippen LogP contribution is -2.14. The first-order valence-electron chi connectivity index (χ1n) is 8.11. The molecule has 0 aliphatic heterocycles. The van der Waals surface area contributed by atoms with E-state index in [4.69, 9.17) is 9.47 Å². The zero-order valence-corrected chi connectivity index (χ0v) is 15.1. The lowest BCUT2D eigenvalue weighted by atomic mass is 10.0. The van der Waals surface area contributed by atoms with Crippen LogP contribution in [0.5, 0.6) is 0 Å². The van der Waals surface area contributed by atoms with Crippen molar-refractivity contribution >= 4 is 5.97 Å². The molecule has 1 aliphatic carbocycles. The van der Waals surface area contributed by atoms with E-state index in [0.29, 0.717) is 0 Å². The normalized spacial score (nSPS) is 21.6. The third-order valence-electron chi connectivity index (χ3n) is 4.98. The average Bonchev–Trinajstić information content (AvgIpc) is 3.10. The highest BCUT2D eigenvalue weighted by Crippen LogP contribution is 2.59. The lowest BCUT2D eigenvalue weighted by molar-refractivity contribution is -0.147. The van der Waals surface area contributed by atoms with E-state index in [2.05, 4.69) is 0 Å². The van der Waals surface area contributed by atoms with Crippen molar-refractivity contribution in [1.82, 2.24) is 0 Å². The monoisotopic (exact) mass is 356 g/mol. The molecule has 0 aromatic heterocycles. The van der Waals surface area contributed by atoms with Gasteiger partial charge in [-0.1, -0.05) is 26.0 Å². The van der Waals surface area contributed by atoms with E-state index in [0.717, 1.165) is 0 Å². The van der Waals surface area contributed by atoms with Crippen molar-refractivity contribution in [2.24, 2.45) is 17.3 Å². The van der Waals surface area contributed by atoms with E-state index in [9.17, 15) is 18.0 Å². The van der Waals surface area contributed by atoms with Gasteiger partial charge in [0, 0.05) is 12.7 Å². The number of methoxy groups -OCH3 is 1. The molecule has 0 saturated heterocycles. The first-order chi connectivity index (χ1) is 11.7. The van der Waals surface area contributed by atoms with Gasteiger partial charge in [0.2, 0.25) is 0 Å². The van der Waals surface area contributed by atoms with Crippen molar-refractivity contribution in [2.45, 2.75) is 40.9 Å². The molecular formula is C19H23F3O3. The Morgan fingerprint density at radius 1 is 1.12 bits per heavy atom. The fourth-order valence-electron chi connectivity index (χ4n) is 3.25. The number of allylic oxidation sites excluding steroid dienone is 2. The topological polar surface area (TPSA) is 35.5 Å². The molecule has 0 heterocycles. The number of halogens is 3. The average molecular weight is 356 g/mol. The Morgan fingerprint density at radius 3 is 2.28 bits per heavy atom. The Bertz CT molecular complexity index is 681. The Hall–Kier alpha value is -1.82. The van der Waals surface area contributed by atoms with Crippen molar-refractivity contribution in [1.29, 1.82) is 0 Å². The maximum Gasteiger partial charge on any atom is 0.310 e. The molecule has 0 bridgehead atoms. The van der Waals surface area contributed by atoms with Crippen molar-refractivity contribution in [2.75, 3.05) is 7.11 Å². The molecule has 6 heteroatoms. The number of esters is 1. The lowest BCUT2D eigenvalue weighted by Gasteiger charge is -2.14. The molecule has 1 aliphatic rings. The summed E-state index contributed by atoms with van der Waals surface area (Å²) in [7, 11) is 1.26. The van der Waals surface area contributed by atoms with E-state index < -0.39 is 35.6 Å². The largest absolute Gasteiger partial charge is 0.460 e. The number of benzene rings is 1. The van der Waals surface area contributed by atoms with Crippen LogP contribution in [0.4, 0.5) is 13.2 Å². The summed E-state index contributed by atoms with van der Waals surface area (Å²) in [6.07, 6.45) is 3.79. The summed E-state index contributed by atoms with van der Waals surface area (Å²) in [5, 5.41) is 0. The molecule has 3 nitrogen and oxygen atoms in total. The van der Waals surface area contributed by atoms with Crippen LogP contribution in [-0.2, 0) is 27.5 Å². The van der Waals surface area contributed by atoms with Crippen molar-refractivity contribution in [3.8, 4) is 0 Å². The molecule has 1 saturated carbocycles. The molecule has 0 radical (unpaired) electrons. The summed E-state index contributed by atoms with van der Waals surface area (Å²) in [5.74, 6) is -4.18. The number of hydrogen-bond donors (Lipinski definition) is 0. The molecule has 2 atom stereocenters. The number of carbonyl (C=O) groups is 1. The van der Waals surface area contributed by atoms with Gasteiger partial charge in [-0.2, -0.15) is 0 Å². The molecule has 0 N–H and O–H groups in total. The summed E-state index contributed by atoms with van der Waals surface area (Å²) in [5.41, 5.74) is -1.08. The molecule has 0 spiro atoms. The van der Waals surface area contributed by atoms with Gasteiger partial charge in [-0.05, 0) is 30.7 Å². The maximum atomic E-state index is 14.2. The predicted octanol–water partition coefficient (Wildman–Crippen LogP) is 4.45. The standard InChI is InChI=1S/C19H23F3O3/c1-6-7-13-14(19(13,3)4)18(23)25-9-11-10(2)15(20)12(8-24-5)17(22)16(11)21/h6-7,13-14H,8-9H2,1-5H3/t13-,14+/m1/s1. The minimum atomic E-state index is -1.31.